The highest BCUT2D eigenvalue weighted by molar-refractivity contribution is 7.11. The van der Waals surface area contributed by atoms with Gasteiger partial charge in [-0.05, 0) is 11.8 Å². The van der Waals surface area contributed by atoms with Gasteiger partial charge in [-0.1, -0.05) is 20.8 Å². The minimum Gasteiger partial charge on any atom is -0.387 e. The molecule has 0 amide bonds. The summed E-state index contributed by atoms with van der Waals surface area (Å²) in [4.78, 5) is 3.56. The Labute approximate surface area is 96.1 Å². The molecule has 0 bridgehead atoms. The van der Waals surface area contributed by atoms with E-state index in [9.17, 15) is 18.3 Å². The van der Waals surface area contributed by atoms with Crippen molar-refractivity contribution in [1.82, 2.24) is 4.98 Å². The molecule has 16 heavy (non-hydrogen) atoms. The molecule has 0 spiro atoms. The quantitative estimate of drug-likeness (QED) is 0.894. The summed E-state index contributed by atoms with van der Waals surface area (Å²) in [5, 5.41) is 8.94. The van der Waals surface area contributed by atoms with Crippen molar-refractivity contribution in [3.8, 4) is 0 Å². The molecule has 0 aliphatic heterocycles. The van der Waals surface area contributed by atoms with Crippen molar-refractivity contribution in [3.05, 3.63) is 16.1 Å². The van der Waals surface area contributed by atoms with Crippen LogP contribution in [0.1, 0.15) is 36.8 Å². The monoisotopic (exact) mass is 253 g/mol. The van der Waals surface area contributed by atoms with Gasteiger partial charge in [0.2, 0.25) is 0 Å². The fourth-order valence-electron chi connectivity index (χ4n) is 1.18. The number of hydrogen-bond donors (Lipinski definition) is 1. The smallest absolute Gasteiger partial charge is 0.387 e. The summed E-state index contributed by atoms with van der Waals surface area (Å²) >= 11 is 0.508. The maximum atomic E-state index is 12.3. The zero-order chi connectivity index (χ0) is 12.5. The van der Waals surface area contributed by atoms with Gasteiger partial charge in [0.1, 0.15) is 0 Å². The molecular formula is C10H14F3NOS. The van der Waals surface area contributed by atoms with Gasteiger partial charge < -0.3 is 5.11 Å². The number of aliphatic hydroxyl groups excluding tert-OH is 1. The molecule has 0 saturated carbocycles. The van der Waals surface area contributed by atoms with Crippen LogP contribution in [0.25, 0.3) is 0 Å². The Kier molecular flexibility index (Phi) is 3.96. The normalized spacial score (nSPS) is 16.5. The summed E-state index contributed by atoms with van der Waals surface area (Å²) in [5.41, 5.74) is 0. The van der Waals surface area contributed by atoms with Crippen LogP contribution in [-0.4, -0.2) is 10.1 Å². The molecule has 0 aliphatic carbocycles. The molecule has 2 atom stereocenters. The lowest BCUT2D eigenvalue weighted by atomic mass is 9.92. The first-order valence-corrected chi connectivity index (χ1v) is 5.76. The van der Waals surface area contributed by atoms with Crippen molar-refractivity contribution >= 4 is 11.3 Å². The van der Waals surface area contributed by atoms with E-state index in [1.54, 1.807) is 0 Å². The van der Waals surface area contributed by atoms with E-state index in [-0.39, 0.29) is 16.7 Å². The lowest BCUT2D eigenvalue weighted by Gasteiger charge is -2.20. The van der Waals surface area contributed by atoms with Crippen molar-refractivity contribution in [3.63, 3.8) is 0 Å². The van der Waals surface area contributed by atoms with Crippen LogP contribution in [0.15, 0.2) is 6.20 Å². The molecule has 2 nitrogen and oxygen atoms in total. The molecule has 1 heterocycles. The van der Waals surface area contributed by atoms with Crippen LogP contribution in [0.2, 0.25) is 0 Å². The van der Waals surface area contributed by atoms with Crippen molar-refractivity contribution in [1.29, 1.82) is 0 Å². The molecule has 92 valence electrons. The number of alkyl halides is 3. The van der Waals surface area contributed by atoms with E-state index in [0.717, 1.165) is 6.20 Å². The van der Waals surface area contributed by atoms with Crippen molar-refractivity contribution in [2.24, 2.45) is 11.8 Å². The number of nitrogens with zero attached hydrogens (tertiary/aromatic N) is 1. The molecule has 0 aromatic carbocycles. The summed E-state index contributed by atoms with van der Waals surface area (Å²) in [6.07, 6.45) is -4.20. The fraction of sp³-hybridized carbons (Fsp3) is 0.700. The summed E-state index contributed by atoms with van der Waals surface area (Å²) in [6.45, 7) is 5.64. The largest absolute Gasteiger partial charge is 0.443 e. The van der Waals surface area contributed by atoms with E-state index in [0.29, 0.717) is 11.3 Å². The van der Waals surface area contributed by atoms with E-state index < -0.39 is 17.3 Å². The SMILES string of the molecule is CC(C)C(C)C(O)c1cnc(C(F)(F)F)s1. The maximum absolute atomic E-state index is 12.3. The molecule has 0 fully saturated rings. The Morgan fingerprint density at radius 2 is 1.88 bits per heavy atom. The Morgan fingerprint density at radius 3 is 2.25 bits per heavy atom. The van der Waals surface area contributed by atoms with Crippen LogP contribution >= 0.6 is 11.3 Å². The van der Waals surface area contributed by atoms with Gasteiger partial charge in [0.15, 0.2) is 5.01 Å². The van der Waals surface area contributed by atoms with Crippen molar-refractivity contribution in [2.45, 2.75) is 33.1 Å². The number of aliphatic hydroxyl groups is 1. The molecule has 0 saturated heterocycles. The van der Waals surface area contributed by atoms with E-state index in [4.69, 9.17) is 0 Å². The van der Waals surface area contributed by atoms with Crippen LogP contribution < -0.4 is 0 Å². The first-order chi connectivity index (χ1) is 7.23. The van der Waals surface area contributed by atoms with E-state index in [1.807, 2.05) is 20.8 Å². The minimum absolute atomic E-state index is 0.0958. The standard InChI is InChI=1S/C10H14F3NOS/c1-5(2)6(3)8(15)7-4-14-9(16-7)10(11,12)13/h4-6,8,15H,1-3H3. The highest BCUT2D eigenvalue weighted by Gasteiger charge is 2.35. The molecular weight excluding hydrogens is 239 g/mol. The second-order valence-corrected chi connectivity index (χ2v) is 5.18. The zero-order valence-electron chi connectivity index (χ0n) is 9.25. The first kappa shape index (κ1) is 13.4. The number of rotatable bonds is 3. The number of thiazole rings is 1. The Hall–Kier alpha value is -0.620. The van der Waals surface area contributed by atoms with Crippen molar-refractivity contribution in [2.75, 3.05) is 0 Å². The van der Waals surface area contributed by atoms with E-state index >= 15 is 0 Å². The summed E-state index contributed by atoms with van der Waals surface area (Å²) in [6, 6.07) is 0. The lowest BCUT2D eigenvalue weighted by molar-refractivity contribution is -0.137. The zero-order valence-corrected chi connectivity index (χ0v) is 10.1. The van der Waals surface area contributed by atoms with Crippen molar-refractivity contribution < 1.29 is 18.3 Å². The molecule has 0 radical (unpaired) electrons. The van der Waals surface area contributed by atoms with Gasteiger partial charge in [0, 0.05) is 6.20 Å². The average Bonchev–Trinajstić information content (AvgIpc) is 2.63. The van der Waals surface area contributed by atoms with Gasteiger partial charge >= 0.3 is 6.18 Å². The number of hydrogen-bond acceptors (Lipinski definition) is 3. The predicted molar refractivity (Wildman–Crippen MR) is 56.1 cm³/mol. The second-order valence-electron chi connectivity index (χ2n) is 4.11. The highest BCUT2D eigenvalue weighted by Crippen LogP contribution is 2.37. The maximum Gasteiger partial charge on any atom is 0.443 e. The molecule has 1 aromatic heterocycles. The fourth-order valence-corrected chi connectivity index (χ4v) is 2.06. The van der Waals surface area contributed by atoms with Crippen LogP contribution in [-0.2, 0) is 6.18 Å². The van der Waals surface area contributed by atoms with Crippen LogP contribution in [0.4, 0.5) is 13.2 Å². The Balaban J connectivity index is 2.86. The second kappa shape index (κ2) is 4.71. The van der Waals surface area contributed by atoms with Gasteiger partial charge in [-0.2, -0.15) is 13.2 Å². The van der Waals surface area contributed by atoms with E-state index in [1.165, 1.54) is 0 Å². The summed E-state index contributed by atoms with van der Waals surface area (Å²) in [5.74, 6) is 0.105. The van der Waals surface area contributed by atoms with Gasteiger partial charge in [-0.3, -0.25) is 0 Å². The lowest BCUT2D eigenvalue weighted by Crippen LogP contribution is -2.13. The third kappa shape index (κ3) is 2.95. The number of halogens is 3. The third-order valence-corrected chi connectivity index (χ3v) is 3.72. The molecule has 0 aliphatic rings. The topological polar surface area (TPSA) is 33.1 Å². The highest BCUT2D eigenvalue weighted by atomic mass is 32.1. The van der Waals surface area contributed by atoms with Gasteiger partial charge in [-0.25, -0.2) is 4.98 Å². The van der Waals surface area contributed by atoms with Crippen LogP contribution in [0.5, 0.6) is 0 Å². The number of aromatic nitrogens is 1. The van der Waals surface area contributed by atoms with Crippen LogP contribution in [0.3, 0.4) is 0 Å². The Morgan fingerprint density at radius 1 is 1.31 bits per heavy atom. The van der Waals surface area contributed by atoms with Crippen LogP contribution in [0, 0.1) is 11.8 Å². The molecule has 1 aromatic rings. The summed E-state index contributed by atoms with van der Waals surface area (Å²) in [7, 11) is 0. The molecule has 1 N–H and O–H groups in total. The third-order valence-electron chi connectivity index (χ3n) is 2.61. The molecule has 6 heteroatoms. The van der Waals surface area contributed by atoms with Gasteiger partial charge in [-0.15, -0.1) is 11.3 Å². The van der Waals surface area contributed by atoms with E-state index in [2.05, 4.69) is 4.98 Å². The van der Waals surface area contributed by atoms with Gasteiger partial charge in [0.25, 0.3) is 0 Å². The first-order valence-electron chi connectivity index (χ1n) is 4.94. The minimum atomic E-state index is -4.43. The molecule has 2 unspecified atom stereocenters. The predicted octanol–water partition coefficient (Wildman–Crippen LogP) is 3.49. The average molecular weight is 253 g/mol. The summed E-state index contributed by atoms with van der Waals surface area (Å²) < 4.78 is 36.9. The van der Waals surface area contributed by atoms with Gasteiger partial charge in [0.05, 0.1) is 11.0 Å². The Bertz CT molecular complexity index is 348. The molecule has 1 rings (SSSR count).